The number of nitrogens with zero attached hydrogens (tertiary/aromatic N) is 3. The Hall–Kier alpha value is -3.22. The second-order valence-corrected chi connectivity index (χ2v) is 5.91. The van der Waals surface area contributed by atoms with Crippen molar-refractivity contribution >= 4 is 5.91 Å². The highest BCUT2D eigenvalue weighted by atomic mass is 16.5. The zero-order valence-corrected chi connectivity index (χ0v) is 14.5. The number of aryl methyl sites for hydroxylation is 1. The largest absolute Gasteiger partial charge is 0.350 e. The summed E-state index contributed by atoms with van der Waals surface area (Å²) < 4.78 is 6.56. The van der Waals surface area contributed by atoms with Crippen molar-refractivity contribution in [1.29, 1.82) is 0 Å². The molecule has 0 bridgehead atoms. The van der Waals surface area contributed by atoms with Gasteiger partial charge in [0.2, 0.25) is 5.91 Å². The van der Waals surface area contributed by atoms with Gasteiger partial charge in [-0.05, 0) is 18.1 Å². The standard InChI is InChI=1S/C19H20N4O3/c1-2-6-16-21-19(26-22-16)15-9-10-18(25)23(12-15)13-17(24)20-11-14-7-4-3-5-8-14/h3-5,7-10,12H,2,6,11,13H2,1H3,(H,20,24). The zero-order chi connectivity index (χ0) is 18.4. The summed E-state index contributed by atoms with van der Waals surface area (Å²) in [7, 11) is 0. The van der Waals surface area contributed by atoms with E-state index in [2.05, 4.69) is 15.5 Å². The first-order valence-electron chi connectivity index (χ1n) is 8.50. The molecule has 0 saturated heterocycles. The van der Waals surface area contributed by atoms with Crippen LogP contribution in [0.15, 0.2) is 58.0 Å². The molecule has 0 aliphatic rings. The summed E-state index contributed by atoms with van der Waals surface area (Å²) in [5, 5.41) is 6.71. The second-order valence-electron chi connectivity index (χ2n) is 5.91. The van der Waals surface area contributed by atoms with Crippen molar-refractivity contribution in [3.8, 4) is 11.5 Å². The van der Waals surface area contributed by atoms with Crippen LogP contribution in [0.3, 0.4) is 0 Å². The molecule has 2 aromatic heterocycles. The number of hydrogen-bond acceptors (Lipinski definition) is 5. The van der Waals surface area contributed by atoms with Crippen LogP contribution in [0.1, 0.15) is 24.7 Å². The summed E-state index contributed by atoms with van der Waals surface area (Å²) in [6.07, 6.45) is 3.21. The SMILES string of the molecule is CCCc1noc(-c2ccc(=O)n(CC(=O)NCc3ccccc3)c2)n1. The number of carbonyl (C=O) groups is 1. The third kappa shape index (κ3) is 4.44. The van der Waals surface area contributed by atoms with Gasteiger partial charge >= 0.3 is 0 Å². The number of rotatable bonds is 7. The molecule has 0 saturated carbocycles. The molecule has 7 heteroatoms. The molecule has 0 aliphatic heterocycles. The molecule has 0 radical (unpaired) electrons. The number of aromatic nitrogens is 3. The molecule has 1 N–H and O–H groups in total. The van der Waals surface area contributed by atoms with Crippen molar-refractivity contribution in [2.75, 3.05) is 0 Å². The lowest BCUT2D eigenvalue weighted by atomic mass is 10.2. The predicted molar refractivity (Wildman–Crippen MR) is 96.3 cm³/mol. The van der Waals surface area contributed by atoms with Crippen molar-refractivity contribution in [2.24, 2.45) is 0 Å². The molecule has 1 amide bonds. The van der Waals surface area contributed by atoms with Gasteiger partial charge in [0, 0.05) is 25.2 Å². The van der Waals surface area contributed by atoms with Crippen molar-refractivity contribution < 1.29 is 9.32 Å². The number of hydrogen-bond donors (Lipinski definition) is 1. The Bertz CT molecular complexity index is 931. The number of benzene rings is 1. The fourth-order valence-corrected chi connectivity index (χ4v) is 2.48. The summed E-state index contributed by atoms with van der Waals surface area (Å²) in [4.78, 5) is 28.5. The maximum absolute atomic E-state index is 12.2. The number of pyridine rings is 1. The van der Waals surface area contributed by atoms with Crippen LogP contribution in [-0.2, 0) is 24.3 Å². The molecule has 1 aromatic carbocycles. The average Bonchev–Trinajstić information content (AvgIpc) is 3.12. The Kier molecular flexibility index (Phi) is 5.58. The molecule has 2 heterocycles. The average molecular weight is 352 g/mol. The van der Waals surface area contributed by atoms with Crippen LogP contribution in [0, 0.1) is 0 Å². The Morgan fingerprint density at radius 2 is 2.00 bits per heavy atom. The first-order chi connectivity index (χ1) is 12.7. The van der Waals surface area contributed by atoms with Gasteiger partial charge in [-0.2, -0.15) is 4.98 Å². The molecule has 3 rings (SSSR count). The molecule has 7 nitrogen and oxygen atoms in total. The van der Waals surface area contributed by atoms with E-state index >= 15 is 0 Å². The van der Waals surface area contributed by atoms with E-state index in [0.717, 1.165) is 18.4 Å². The Labute approximate surface area is 150 Å². The van der Waals surface area contributed by atoms with Crippen LogP contribution < -0.4 is 10.9 Å². The monoisotopic (exact) mass is 352 g/mol. The minimum absolute atomic E-state index is 0.0739. The van der Waals surface area contributed by atoms with Crippen LogP contribution in [0.2, 0.25) is 0 Å². The van der Waals surface area contributed by atoms with Crippen LogP contribution in [0.5, 0.6) is 0 Å². The quantitative estimate of drug-likeness (QED) is 0.704. The highest BCUT2D eigenvalue weighted by Crippen LogP contribution is 2.15. The van der Waals surface area contributed by atoms with Crippen LogP contribution in [-0.4, -0.2) is 20.6 Å². The minimum atomic E-state index is -0.267. The third-order valence-electron chi connectivity index (χ3n) is 3.82. The first-order valence-corrected chi connectivity index (χ1v) is 8.50. The predicted octanol–water partition coefficient (Wildman–Crippen LogP) is 2.17. The van der Waals surface area contributed by atoms with E-state index in [0.29, 0.717) is 23.8 Å². The molecule has 3 aromatic rings. The zero-order valence-electron chi connectivity index (χ0n) is 14.5. The first kappa shape index (κ1) is 17.6. The van der Waals surface area contributed by atoms with Crippen molar-refractivity contribution in [3.63, 3.8) is 0 Å². The molecule has 0 fully saturated rings. The summed E-state index contributed by atoms with van der Waals surface area (Å²) in [6, 6.07) is 12.6. The lowest BCUT2D eigenvalue weighted by Gasteiger charge is -2.08. The number of nitrogens with one attached hydrogen (secondary N) is 1. The van der Waals surface area contributed by atoms with Crippen molar-refractivity contribution in [2.45, 2.75) is 32.9 Å². The maximum atomic E-state index is 12.2. The van der Waals surface area contributed by atoms with Gasteiger partial charge < -0.3 is 14.4 Å². The molecule has 0 spiro atoms. The second kappa shape index (κ2) is 8.24. The van der Waals surface area contributed by atoms with Crippen LogP contribution in [0.4, 0.5) is 0 Å². The van der Waals surface area contributed by atoms with E-state index in [1.807, 2.05) is 37.3 Å². The summed E-state index contributed by atoms with van der Waals surface area (Å²) in [5.74, 6) is 0.720. The Morgan fingerprint density at radius 1 is 1.19 bits per heavy atom. The Morgan fingerprint density at radius 3 is 2.77 bits per heavy atom. The van der Waals surface area contributed by atoms with E-state index in [1.54, 1.807) is 12.3 Å². The highest BCUT2D eigenvalue weighted by molar-refractivity contribution is 5.75. The van der Waals surface area contributed by atoms with Crippen molar-refractivity contribution in [3.05, 3.63) is 70.4 Å². The normalized spacial score (nSPS) is 10.7. The molecular weight excluding hydrogens is 332 g/mol. The molecular formula is C19H20N4O3. The number of amides is 1. The topological polar surface area (TPSA) is 90.0 Å². The fourth-order valence-electron chi connectivity index (χ4n) is 2.48. The Balaban J connectivity index is 1.69. The van der Waals surface area contributed by atoms with Crippen LogP contribution >= 0.6 is 0 Å². The fraction of sp³-hybridized carbons (Fsp3) is 0.263. The van der Waals surface area contributed by atoms with E-state index < -0.39 is 0 Å². The molecule has 0 unspecified atom stereocenters. The minimum Gasteiger partial charge on any atom is -0.350 e. The molecule has 134 valence electrons. The smallest absolute Gasteiger partial charge is 0.259 e. The van der Waals surface area contributed by atoms with Gasteiger partial charge in [0.15, 0.2) is 5.82 Å². The number of carbonyl (C=O) groups excluding carboxylic acids is 1. The lowest BCUT2D eigenvalue weighted by molar-refractivity contribution is -0.121. The maximum Gasteiger partial charge on any atom is 0.259 e. The highest BCUT2D eigenvalue weighted by Gasteiger charge is 2.11. The van der Waals surface area contributed by atoms with Gasteiger partial charge in [0.1, 0.15) is 6.54 Å². The molecule has 26 heavy (non-hydrogen) atoms. The van der Waals surface area contributed by atoms with E-state index in [1.165, 1.54) is 10.6 Å². The molecule has 0 aliphatic carbocycles. The summed E-state index contributed by atoms with van der Waals surface area (Å²) in [5.41, 5.74) is 1.34. The lowest BCUT2D eigenvalue weighted by Crippen LogP contribution is -2.31. The van der Waals surface area contributed by atoms with Gasteiger partial charge in [-0.15, -0.1) is 0 Å². The van der Waals surface area contributed by atoms with E-state index in [-0.39, 0.29) is 18.0 Å². The van der Waals surface area contributed by atoms with Gasteiger partial charge in [-0.3, -0.25) is 9.59 Å². The van der Waals surface area contributed by atoms with E-state index in [9.17, 15) is 9.59 Å². The van der Waals surface area contributed by atoms with E-state index in [4.69, 9.17) is 4.52 Å². The molecule has 0 atom stereocenters. The van der Waals surface area contributed by atoms with Gasteiger partial charge in [-0.25, -0.2) is 0 Å². The van der Waals surface area contributed by atoms with Gasteiger partial charge in [0.05, 0.1) is 5.56 Å². The van der Waals surface area contributed by atoms with Gasteiger partial charge in [0.25, 0.3) is 11.4 Å². The summed E-state index contributed by atoms with van der Waals surface area (Å²) in [6.45, 7) is 2.37. The third-order valence-corrected chi connectivity index (χ3v) is 3.82. The summed E-state index contributed by atoms with van der Waals surface area (Å²) >= 11 is 0. The van der Waals surface area contributed by atoms with Gasteiger partial charge in [-0.1, -0.05) is 42.4 Å². The van der Waals surface area contributed by atoms with Crippen molar-refractivity contribution in [1.82, 2.24) is 20.0 Å². The van der Waals surface area contributed by atoms with Crippen LogP contribution in [0.25, 0.3) is 11.5 Å².